The van der Waals surface area contributed by atoms with Gasteiger partial charge in [-0.25, -0.2) is 14.6 Å². The van der Waals surface area contributed by atoms with Crippen molar-refractivity contribution in [3.05, 3.63) is 71.9 Å². The highest BCUT2D eigenvalue weighted by Crippen LogP contribution is 2.18. The standard InChI is InChI=1S/C18H14N2O4/c21-17(22)16-8-6-13-10-14(7-9-15(13)20-16)19-18(23)24-11-12-4-2-1-3-5-12/h1-10H,11H2,(H,19,23)(H,21,22). The molecule has 6 heteroatoms. The second-order valence-corrected chi connectivity index (χ2v) is 5.10. The molecule has 0 aliphatic rings. The third-order valence-electron chi connectivity index (χ3n) is 3.37. The molecule has 0 saturated heterocycles. The molecule has 1 aromatic heterocycles. The number of pyridine rings is 1. The van der Waals surface area contributed by atoms with Crippen molar-refractivity contribution in [2.24, 2.45) is 0 Å². The molecule has 0 aliphatic carbocycles. The summed E-state index contributed by atoms with van der Waals surface area (Å²) in [6, 6.07) is 17.4. The molecule has 0 atom stereocenters. The van der Waals surface area contributed by atoms with Crippen LogP contribution in [0.4, 0.5) is 10.5 Å². The van der Waals surface area contributed by atoms with Gasteiger partial charge in [0.05, 0.1) is 5.52 Å². The fourth-order valence-electron chi connectivity index (χ4n) is 2.20. The number of benzene rings is 2. The van der Waals surface area contributed by atoms with Gasteiger partial charge in [0.15, 0.2) is 0 Å². The number of aromatic carboxylic acids is 1. The van der Waals surface area contributed by atoms with Crippen LogP contribution in [0.5, 0.6) is 0 Å². The Balaban J connectivity index is 1.67. The molecular weight excluding hydrogens is 308 g/mol. The zero-order chi connectivity index (χ0) is 16.9. The van der Waals surface area contributed by atoms with Crippen molar-refractivity contribution in [2.45, 2.75) is 6.61 Å². The molecule has 120 valence electrons. The van der Waals surface area contributed by atoms with Gasteiger partial charge in [0.25, 0.3) is 0 Å². The highest BCUT2D eigenvalue weighted by Gasteiger charge is 2.08. The number of rotatable bonds is 4. The van der Waals surface area contributed by atoms with Gasteiger partial charge < -0.3 is 9.84 Å². The summed E-state index contributed by atoms with van der Waals surface area (Å²) in [4.78, 5) is 26.8. The number of nitrogens with one attached hydrogen (secondary N) is 1. The number of carbonyl (C=O) groups excluding carboxylic acids is 1. The number of ether oxygens (including phenoxy) is 1. The summed E-state index contributed by atoms with van der Waals surface area (Å²) < 4.78 is 5.15. The van der Waals surface area contributed by atoms with E-state index in [0.717, 1.165) is 10.9 Å². The van der Waals surface area contributed by atoms with Gasteiger partial charge in [-0.2, -0.15) is 0 Å². The normalized spacial score (nSPS) is 10.3. The van der Waals surface area contributed by atoms with E-state index in [9.17, 15) is 9.59 Å². The van der Waals surface area contributed by atoms with Gasteiger partial charge in [0.1, 0.15) is 12.3 Å². The van der Waals surface area contributed by atoms with E-state index in [4.69, 9.17) is 9.84 Å². The van der Waals surface area contributed by atoms with Gasteiger partial charge in [0, 0.05) is 11.1 Å². The van der Waals surface area contributed by atoms with Crippen LogP contribution in [0, 0.1) is 0 Å². The van der Waals surface area contributed by atoms with Gasteiger partial charge in [-0.3, -0.25) is 5.32 Å². The molecule has 0 bridgehead atoms. The van der Waals surface area contributed by atoms with Crippen LogP contribution in [0.25, 0.3) is 10.9 Å². The fraction of sp³-hybridized carbons (Fsp3) is 0.0556. The van der Waals surface area contributed by atoms with Crippen LogP contribution >= 0.6 is 0 Å². The quantitative estimate of drug-likeness (QED) is 0.765. The summed E-state index contributed by atoms with van der Waals surface area (Å²) in [5, 5.41) is 12.3. The molecule has 2 N–H and O–H groups in total. The zero-order valence-corrected chi connectivity index (χ0v) is 12.6. The minimum absolute atomic E-state index is 0.0227. The van der Waals surface area contributed by atoms with Crippen molar-refractivity contribution in [1.29, 1.82) is 0 Å². The first-order valence-corrected chi connectivity index (χ1v) is 7.23. The van der Waals surface area contributed by atoms with Crippen LogP contribution < -0.4 is 5.32 Å². The summed E-state index contributed by atoms with van der Waals surface area (Å²) >= 11 is 0. The van der Waals surface area contributed by atoms with E-state index in [-0.39, 0.29) is 12.3 Å². The van der Waals surface area contributed by atoms with Crippen LogP contribution in [0.15, 0.2) is 60.7 Å². The lowest BCUT2D eigenvalue weighted by Crippen LogP contribution is -2.13. The number of carboxylic acids is 1. The first-order chi connectivity index (χ1) is 11.6. The molecule has 3 rings (SSSR count). The van der Waals surface area contributed by atoms with E-state index in [1.807, 2.05) is 30.3 Å². The lowest BCUT2D eigenvalue weighted by atomic mass is 10.2. The Hall–Kier alpha value is -3.41. The van der Waals surface area contributed by atoms with Crippen LogP contribution in [0.2, 0.25) is 0 Å². The van der Waals surface area contributed by atoms with E-state index in [1.54, 1.807) is 24.3 Å². The topological polar surface area (TPSA) is 88.5 Å². The monoisotopic (exact) mass is 322 g/mol. The lowest BCUT2D eigenvalue weighted by molar-refractivity contribution is 0.0691. The predicted octanol–water partition coefficient (Wildman–Crippen LogP) is 3.68. The van der Waals surface area contributed by atoms with E-state index in [1.165, 1.54) is 6.07 Å². The van der Waals surface area contributed by atoms with Crippen molar-refractivity contribution in [3.63, 3.8) is 0 Å². The predicted molar refractivity (Wildman–Crippen MR) is 89.0 cm³/mol. The Labute approximate surface area is 137 Å². The number of carbonyl (C=O) groups is 2. The number of amides is 1. The van der Waals surface area contributed by atoms with Crippen LogP contribution in [0.1, 0.15) is 16.1 Å². The molecule has 1 heterocycles. The smallest absolute Gasteiger partial charge is 0.411 e. The Morgan fingerprint density at radius 3 is 2.58 bits per heavy atom. The summed E-state index contributed by atoms with van der Waals surface area (Å²) in [5.41, 5.74) is 1.96. The van der Waals surface area contributed by atoms with E-state index >= 15 is 0 Å². The zero-order valence-electron chi connectivity index (χ0n) is 12.6. The van der Waals surface area contributed by atoms with Crippen LogP contribution in [-0.4, -0.2) is 22.2 Å². The number of anilines is 1. The summed E-state index contributed by atoms with van der Waals surface area (Å²) in [6.45, 7) is 0.184. The maximum absolute atomic E-state index is 11.8. The Morgan fingerprint density at radius 1 is 1.04 bits per heavy atom. The number of hydrogen-bond acceptors (Lipinski definition) is 4. The molecule has 0 fully saturated rings. The third-order valence-corrected chi connectivity index (χ3v) is 3.37. The maximum Gasteiger partial charge on any atom is 0.411 e. The largest absolute Gasteiger partial charge is 0.477 e. The SMILES string of the molecule is O=C(Nc1ccc2nc(C(=O)O)ccc2c1)OCc1ccccc1. The maximum atomic E-state index is 11.8. The molecule has 6 nitrogen and oxygen atoms in total. The second kappa shape index (κ2) is 6.78. The van der Waals surface area contributed by atoms with E-state index in [2.05, 4.69) is 10.3 Å². The molecule has 0 radical (unpaired) electrons. The van der Waals surface area contributed by atoms with E-state index in [0.29, 0.717) is 11.2 Å². The van der Waals surface area contributed by atoms with Crippen molar-refractivity contribution in [3.8, 4) is 0 Å². The molecular formula is C18H14N2O4. The van der Waals surface area contributed by atoms with Crippen LogP contribution in [0.3, 0.4) is 0 Å². The molecule has 2 aromatic carbocycles. The molecule has 0 saturated carbocycles. The molecule has 0 spiro atoms. The summed E-state index contributed by atoms with van der Waals surface area (Å²) in [6.07, 6.45) is -0.562. The second-order valence-electron chi connectivity index (χ2n) is 5.10. The Bertz CT molecular complexity index is 894. The summed E-state index contributed by atoms with van der Waals surface area (Å²) in [7, 11) is 0. The van der Waals surface area contributed by atoms with Gasteiger partial charge in [-0.15, -0.1) is 0 Å². The highest BCUT2D eigenvalue weighted by molar-refractivity contribution is 5.92. The molecule has 1 amide bonds. The van der Waals surface area contributed by atoms with Crippen LogP contribution in [-0.2, 0) is 11.3 Å². The van der Waals surface area contributed by atoms with Crippen molar-refractivity contribution in [2.75, 3.05) is 5.32 Å². The molecule has 3 aromatic rings. The number of fused-ring (bicyclic) bond motifs is 1. The van der Waals surface area contributed by atoms with Gasteiger partial charge in [-0.1, -0.05) is 36.4 Å². The molecule has 24 heavy (non-hydrogen) atoms. The molecule has 0 unspecified atom stereocenters. The number of hydrogen-bond donors (Lipinski definition) is 2. The number of carboxylic acid groups (broad SMARTS) is 1. The van der Waals surface area contributed by atoms with Crippen molar-refractivity contribution >= 4 is 28.7 Å². The average Bonchev–Trinajstić information content (AvgIpc) is 2.60. The minimum atomic E-state index is -1.08. The molecule has 0 aliphatic heterocycles. The van der Waals surface area contributed by atoms with Gasteiger partial charge in [0.2, 0.25) is 0 Å². The highest BCUT2D eigenvalue weighted by atomic mass is 16.5. The first-order valence-electron chi connectivity index (χ1n) is 7.23. The first kappa shape index (κ1) is 15.5. The van der Waals surface area contributed by atoms with Crippen molar-refractivity contribution in [1.82, 2.24) is 4.98 Å². The number of nitrogens with zero attached hydrogens (tertiary/aromatic N) is 1. The fourth-order valence-corrected chi connectivity index (χ4v) is 2.20. The van der Waals surface area contributed by atoms with Gasteiger partial charge >= 0.3 is 12.1 Å². The lowest BCUT2D eigenvalue weighted by Gasteiger charge is -2.08. The van der Waals surface area contributed by atoms with Gasteiger partial charge in [-0.05, 0) is 29.8 Å². The minimum Gasteiger partial charge on any atom is -0.477 e. The van der Waals surface area contributed by atoms with Crippen molar-refractivity contribution < 1.29 is 19.4 Å². The Kier molecular flexibility index (Phi) is 4.38. The third kappa shape index (κ3) is 3.67. The van der Waals surface area contributed by atoms with E-state index < -0.39 is 12.1 Å². The number of aromatic nitrogens is 1. The Morgan fingerprint density at radius 2 is 1.83 bits per heavy atom. The average molecular weight is 322 g/mol. The summed E-state index contributed by atoms with van der Waals surface area (Å²) in [5.74, 6) is -1.08.